The van der Waals surface area contributed by atoms with Crippen LogP contribution in [0.25, 0.3) is 10.2 Å². The number of ether oxygens (including phenoxy) is 2. The van der Waals surface area contributed by atoms with Crippen molar-refractivity contribution in [2.75, 3.05) is 6.61 Å². The van der Waals surface area contributed by atoms with E-state index in [0.29, 0.717) is 27.5 Å². The molecule has 0 saturated heterocycles. The summed E-state index contributed by atoms with van der Waals surface area (Å²) in [6, 6.07) is 11.8. The molecule has 1 unspecified atom stereocenters. The van der Waals surface area contributed by atoms with Gasteiger partial charge in [-0.25, -0.2) is 0 Å². The molecule has 2 heterocycles. The summed E-state index contributed by atoms with van der Waals surface area (Å²) >= 11 is 1.23. The second-order valence-electron chi connectivity index (χ2n) is 5.85. The number of non-ortho nitro benzene ring substituents is 1. The molecule has 0 aliphatic carbocycles. The molecule has 1 atom stereocenters. The molecule has 27 heavy (non-hydrogen) atoms. The minimum atomic E-state index is -0.829. The molecule has 3 aromatic rings. The normalized spacial score (nSPS) is 16.5. The lowest BCUT2D eigenvalue weighted by atomic mass is 10.2. The van der Waals surface area contributed by atoms with Crippen LogP contribution in [-0.2, 0) is 11.3 Å². The van der Waals surface area contributed by atoms with E-state index in [1.54, 1.807) is 24.3 Å². The lowest BCUT2D eigenvalue weighted by molar-refractivity contribution is -0.384. The van der Waals surface area contributed by atoms with E-state index in [2.05, 4.69) is 4.99 Å². The second kappa shape index (κ2) is 6.84. The van der Waals surface area contributed by atoms with Crippen molar-refractivity contribution in [2.45, 2.75) is 19.6 Å². The van der Waals surface area contributed by atoms with Gasteiger partial charge in [0, 0.05) is 18.7 Å². The number of para-hydroxylation sites is 2. The molecular weight excluding hydrogens is 370 g/mol. The van der Waals surface area contributed by atoms with Gasteiger partial charge in [0.05, 0.1) is 15.1 Å². The first kappa shape index (κ1) is 17.2. The number of aromatic nitrogens is 1. The second-order valence-corrected chi connectivity index (χ2v) is 6.86. The highest BCUT2D eigenvalue weighted by Crippen LogP contribution is 2.31. The third-order valence-corrected chi connectivity index (χ3v) is 5.22. The number of rotatable bonds is 3. The Labute approximate surface area is 157 Å². The van der Waals surface area contributed by atoms with E-state index in [4.69, 9.17) is 9.47 Å². The van der Waals surface area contributed by atoms with Gasteiger partial charge in [-0.1, -0.05) is 23.5 Å². The first-order chi connectivity index (χ1) is 13.1. The van der Waals surface area contributed by atoms with E-state index >= 15 is 0 Å². The molecule has 1 aliphatic heterocycles. The largest absolute Gasteiger partial charge is 0.485 e. The SMILES string of the molecule is CCn1c(=NC(=O)C2COc3ccccc3O2)sc2cc([N+](=O)[O-])ccc21. The first-order valence-electron chi connectivity index (χ1n) is 8.31. The van der Waals surface area contributed by atoms with Gasteiger partial charge >= 0.3 is 0 Å². The van der Waals surface area contributed by atoms with Crippen molar-refractivity contribution in [3.63, 3.8) is 0 Å². The van der Waals surface area contributed by atoms with Crippen molar-refractivity contribution >= 4 is 33.1 Å². The molecule has 0 radical (unpaired) electrons. The number of aryl methyl sites for hydroxylation is 1. The third kappa shape index (κ3) is 3.17. The zero-order valence-electron chi connectivity index (χ0n) is 14.3. The van der Waals surface area contributed by atoms with E-state index in [1.807, 2.05) is 17.6 Å². The van der Waals surface area contributed by atoms with Crippen LogP contribution in [-0.4, -0.2) is 28.1 Å². The lowest BCUT2D eigenvalue weighted by Gasteiger charge is -2.23. The summed E-state index contributed by atoms with van der Waals surface area (Å²) in [7, 11) is 0. The van der Waals surface area contributed by atoms with Gasteiger partial charge in [0.15, 0.2) is 16.3 Å². The fraction of sp³-hybridized carbons (Fsp3) is 0.222. The van der Waals surface area contributed by atoms with Gasteiger partial charge in [0.1, 0.15) is 6.61 Å². The molecule has 1 aliphatic rings. The molecule has 9 heteroatoms. The number of thiazole rings is 1. The van der Waals surface area contributed by atoms with Gasteiger partial charge in [0.25, 0.3) is 11.6 Å². The summed E-state index contributed by atoms with van der Waals surface area (Å²) in [5.74, 6) is 0.653. The van der Waals surface area contributed by atoms with Gasteiger partial charge in [-0.05, 0) is 25.1 Å². The number of benzene rings is 2. The van der Waals surface area contributed by atoms with E-state index in [1.165, 1.54) is 23.5 Å². The van der Waals surface area contributed by atoms with Gasteiger partial charge < -0.3 is 14.0 Å². The van der Waals surface area contributed by atoms with Crippen molar-refractivity contribution in [1.29, 1.82) is 0 Å². The lowest BCUT2D eigenvalue weighted by Crippen LogP contribution is -2.36. The molecular formula is C18H15N3O5S. The number of carbonyl (C=O) groups is 1. The molecule has 0 fully saturated rings. The summed E-state index contributed by atoms with van der Waals surface area (Å²) < 4.78 is 13.8. The summed E-state index contributed by atoms with van der Waals surface area (Å²) in [5, 5.41) is 11.0. The molecule has 2 aromatic carbocycles. The van der Waals surface area contributed by atoms with Gasteiger partial charge in [0.2, 0.25) is 6.10 Å². The maximum atomic E-state index is 12.6. The summed E-state index contributed by atoms with van der Waals surface area (Å²) in [6.07, 6.45) is -0.829. The molecule has 0 saturated carbocycles. The highest BCUT2D eigenvalue weighted by molar-refractivity contribution is 7.16. The highest BCUT2D eigenvalue weighted by Gasteiger charge is 2.27. The van der Waals surface area contributed by atoms with Crippen molar-refractivity contribution in [3.05, 3.63) is 57.4 Å². The Morgan fingerprint density at radius 2 is 2.11 bits per heavy atom. The van der Waals surface area contributed by atoms with Gasteiger partial charge in [-0.2, -0.15) is 4.99 Å². The number of hydrogen-bond donors (Lipinski definition) is 0. The number of carbonyl (C=O) groups excluding carboxylic acids is 1. The van der Waals surface area contributed by atoms with Crippen molar-refractivity contribution in [3.8, 4) is 11.5 Å². The molecule has 8 nitrogen and oxygen atoms in total. The predicted octanol–water partition coefficient (Wildman–Crippen LogP) is 2.90. The monoisotopic (exact) mass is 385 g/mol. The summed E-state index contributed by atoms with van der Waals surface area (Å²) in [6.45, 7) is 2.59. The smallest absolute Gasteiger partial charge is 0.292 e. The van der Waals surface area contributed by atoms with Gasteiger partial charge in [-0.3, -0.25) is 14.9 Å². The number of nitro groups is 1. The third-order valence-electron chi connectivity index (χ3n) is 4.18. The minimum Gasteiger partial charge on any atom is -0.485 e. The summed E-state index contributed by atoms with van der Waals surface area (Å²) in [5.41, 5.74) is 0.802. The maximum absolute atomic E-state index is 12.6. The fourth-order valence-corrected chi connectivity index (χ4v) is 4.01. The van der Waals surface area contributed by atoms with Crippen molar-refractivity contribution < 1.29 is 19.2 Å². The Morgan fingerprint density at radius 3 is 2.85 bits per heavy atom. The predicted molar refractivity (Wildman–Crippen MR) is 99.1 cm³/mol. The van der Waals surface area contributed by atoms with E-state index < -0.39 is 16.9 Å². The topological polar surface area (TPSA) is 96.0 Å². The van der Waals surface area contributed by atoms with Crippen LogP contribution >= 0.6 is 11.3 Å². The quantitative estimate of drug-likeness (QED) is 0.510. The van der Waals surface area contributed by atoms with Crippen LogP contribution in [0.5, 0.6) is 11.5 Å². The standard InChI is InChI=1S/C18H15N3O5S/c1-2-20-12-8-7-11(21(23)24)9-16(12)27-18(20)19-17(22)15-10-25-13-5-3-4-6-14(13)26-15/h3-9,15H,2,10H2,1H3. The zero-order valence-corrected chi connectivity index (χ0v) is 15.1. The van der Waals surface area contributed by atoms with E-state index in [-0.39, 0.29) is 12.3 Å². The zero-order chi connectivity index (χ0) is 19.0. The van der Waals surface area contributed by atoms with Crippen molar-refractivity contribution in [1.82, 2.24) is 4.57 Å². The van der Waals surface area contributed by atoms with Crippen LogP contribution in [0.15, 0.2) is 47.5 Å². The average Bonchev–Trinajstić information content (AvgIpc) is 3.03. The first-order valence-corrected chi connectivity index (χ1v) is 9.13. The number of nitrogens with zero attached hydrogens (tertiary/aromatic N) is 3. The number of amides is 1. The highest BCUT2D eigenvalue weighted by atomic mass is 32.1. The summed E-state index contributed by atoms with van der Waals surface area (Å²) in [4.78, 5) is 27.8. The van der Waals surface area contributed by atoms with Crippen LogP contribution in [0.3, 0.4) is 0 Å². The average molecular weight is 385 g/mol. The maximum Gasteiger partial charge on any atom is 0.292 e. The molecule has 1 amide bonds. The van der Waals surface area contributed by atoms with Crippen molar-refractivity contribution in [2.24, 2.45) is 4.99 Å². The molecule has 0 spiro atoms. The van der Waals surface area contributed by atoms with Crippen LogP contribution in [0.1, 0.15) is 6.92 Å². The van der Waals surface area contributed by atoms with Crippen LogP contribution in [0.2, 0.25) is 0 Å². The fourth-order valence-electron chi connectivity index (χ4n) is 2.87. The van der Waals surface area contributed by atoms with Gasteiger partial charge in [-0.15, -0.1) is 0 Å². The molecule has 1 aromatic heterocycles. The Hall–Kier alpha value is -3.20. The van der Waals surface area contributed by atoms with E-state index in [0.717, 1.165) is 5.52 Å². The molecule has 0 bridgehead atoms. The Kier molecular flexibility index (Phi) is 4.36. The molecule has 0 N–H and O–H groups in total. The van der Waals surface area contributed by atoms with Crippen LogP contribution < -0.4 is 14.3 Å². The Bertz CT molecular complexity index is 1120. The number of fused-ring (bicyclic) bond motifs is 2. The molecule has 138 valence electrons. The van der Waals surface area contributed by atoms with Crippen LogP contribution in [0, 0.1) is 10.1 Å². The molecule has 4 rings (SSSR count). The minimum absolute atomic E-state index is 0.00509. The number of nitro benzene ring substituents is 1. The Balaban J connectivity index is 1.70. The van der Waals surface area contributed by atoms with Crippen LogP contribution in [0.4, 0.5) is 5.69 Å². The Morgan fingerprint density at radius 1 is 1.33 bits per heavy atom. The van der Waals surface area contributed by atoms with E-state index in [9.17, 15) is 14.9 Å². The number of hydrogen-bond acceptors (Lipinski definition) is 6.